The van der Waals surface area contributed by atoms with Crippen molar-refractivity contribution in [2.45, 2.75) is 6.92 Å². The van der Waals surface area contributed by atoms with Gasteiger partial charge in [0.1, 0.15) is 11.6 Å². The van der Waals surface area contributed by atoms with Crippen molar-refractivity contribution < 1.29 is 19.2 Å². The average molecular weight is 458 g/mol. The molecule has 1 heterocycles. The number of hydrogen-bond acceptors (Lipinski definition) is 6. The van der Waals surface area contributed by atoms with Crippen LogP contribution in [0.15, 0.2) is 72.8 Å². The molecule has 0 atom stereocenters. The fourth-order valence-electron chi connectivity index (χ4n) is 3.50. The highest BCUT2D eigenvalue weighted by atomic mass is 16.6. The van der Waals surface area contributed by atoms with Gasteiger partial charge >= 0.3 is 5.69 Å². The lowest BCUT2D eigenvalue weighted by molar-refractivity contribution is -0.385. The zero-order valence-electron chi connectivity index (χ0n) is 18.8. The Morgan fingerprint density at radius 2 is 1.68 bits per heavy atom. The maximum absolute atomic E-state index is 13.1. The highest BCUT2D eigenvalue weighted by molar-refractivity contribution is 6.04. The number of anilines is 1. The van der Waals surface area contributed by atoms with E-state index >= 15 is 0 Å². The lowest BCUT2D eigenvalue weighted by Gasteiger charge is -2.10. The summed E-state index contributed by atoms with van der Waals surface area (Å²) in [6, 6.07) is 20.9. The third-order valence-electron chi connectivity index (χ3n) is 5.25. The number of rotatable bonds is 7. The topological polar surface area (TPSA) is 109 Å². The number of benzene rings is 3. The Kier molecular flexibility index (Phi) is 6.26. The molecule has 9 nitrogen and oxygen atoms in total. The average Bonchev–Trinajstić information content (AvgIpc) is 3.27. The largest absolute Gasteiger partial charge is 0.496 e. The van der Waals surface area contributed by atoms with Crippen LogP contribution in [-0.4, -0.2) is 34.8 Å². The van der Waals surface area contributed by atoms with E-state index in [0.29, 0.717) is 17.3 Å². The third kappa shape index (κ3) is 4.44. The summed E-state index contributed by atoms with van der Waals surface area (Å²) in [5.41, 5.74) is 2.99. The fraction of sp³-hybridized carbons (Fsp3) is 0.120. The van der Waals surface area contributed by atoms with Crippen LogP contribution in [0.1, 0.15) is 15.9 Å². The first-order valence-corrected chi connectivity index (χ1v) is 10.4. The summed E-state index contributed by atoms with van der Waals surface area (Å²) in [6.07, 6.45) is 0. The van der Waals surface area contributed by atoms with E-state index in [0.717, 1.165) is 16.8 Å². The number of nitrogens with one attached hydrogen (secondary N) is 1. The molecule has 0 bridgehead atoms. The summed E-state index contributed by atoms with van der Waals surface area (Å²) < 4.78 is 12.1. The summed E-state index contributed by atoms with van der Waals surface area (Å²) in [5.74, 6) is 0.586. The summed E-state index contributed by atoms with van der Waals surface area (Å²) in [7, 11) is 2.91. The quantitative estimate of drug-likeness (QED) is 0.307. The number of carbonyl (C=O) groups is 1. The molecular formula is C25H22N4O5. The molecule has 0 radical (unpaired) electrons. The first kappa shape index (κ1) is 22.5. The van der Waals surface area contributed by atoms with Crippen LogP contribution in [-0.2, 0) is 0 Å². The van der Waals surface area contributed by atoms with Gasteiger partial charge in [-0.3, -0.25) is 14.9 Å². The monoisotopic (exact) mass is 458 g/mol. The molecule has 4 rings (SSSR count). The maximum atomic E-state index is 13.1. The third-order valence-corrected chi connectivity index (χ3v) is 5.25. The van der Waals surface area contributed by atoms with Crippen LogP contribution in [0.25, 0.3) is 16.9 Å². The minimum atomic E-state index is -0.591. The summed E-state index contributed by atoms with van der Waals surface area (Å²) in [4.78, 5) is 23.8. The van der Waals surface area contributed by atoms with Crippen LogP contribution < -0.4 is 14.8 Å². The highest BCUT2D eigenvalue weighted by Crippen LogP contribution is 2.32. The molecule has 4 aromatic rings. The number of para-hydroxylation sites is 1. The lowest BCUT2D eigenvalue weighted by atomic mass is 10.1. The number of amides is 1. The van der Waals surface area contributed by atoms with Crippen LogP contribution in [0.3, 0.4) is 0 Å². The number of aryl methyl sites for hydroxylation is 1. The molecule has 1 N–H and O–H groups in total. The van der Waals surface area contributed by atoms with Crippen molar-refractivity contribution in [3.63, 3.8) is 0 Å². The molecule has 9 heteroatoms. The Balaban J connectivity index is 1.76. The number of methoxy groups -OCH3 is 2. The second kappa shape index (κ2) is 9.45. The van der Waals surface area contributed by atoms with E-state index in [9.17, 15) is 14.9 Å². The van der Waals surface area contributed by atoms with Gasteiger partial charge in [-0.15, -0.1) is 0 Å². The Morgan fingerprint density at radius 1 is 0.971 bits per heavy atom. The second-order valence-electron chi connectivity index (χ2n) is 7.46. The van der Waals surface area contributed by atoms with Crippen molar-refractivity contribution in [1.29, 1.82) is 0 Å². The smallest absolute Gasteiger partial charge is 0.311 e. The first-order valence-electron chi connectivity index (χ1n) is 10.4. The van der Waals surface area contributed by atoms with Gasteiger partial charge in [0.2, 0.25) is 0 Å². The Morgan fingerprint density at radius 3 is 2.35 bits per heavy atom. The van der Waals surface area contributed by atoms with Crippen LogP contribution in [0, 0.1) is 17.0 Å². The fourth-order valence-corrected chi connectivity index (χ4v) is 3.50. The highest BCUT2D eigenvalue weighted by Gasteiger charge is 2.21. The van der Waals surface area contributed by atoms with Gasteiger partial charge in [-0.1, -0.05) is 29.8 Å². The molecule has 0 aliphatic carbocycles. The minimum absolute atomic E-state index is 0.0738. The van der Waals surface area contributed by atoms with Gasteiger partial charge in [-0.2, -0.15) is 5.10 Å². The van der Waals surface area contributed by atoms with Gasteiger partial charge in [-0.05, 0) is 43.3 Å². The van der Waals surface area contributed by atoms with Crippen molar-refractivity contribution in [1.82, 2.24) is 9.78 Å². The van der Waals surface area contributed by atoms with E-state index in [4.69, 9.17) is 14.6 Å². The predicted molar refractivity (Wildman–Crippen MR) is 128 cm³/mol. The van der Waals surface area contributed by atoms with Crippen LogP contribution >= 0.6 is 0 Å². The number of hydrogen-bond donors (Lipinski definition) is 1. The second-order valence-corrected chi connectivity index (χ2v) is 7.46. The number of carbonyl (C=O) groups excluding carboxylic acids is 1. The SMILES string of the molecule is COc1ccccc1-c1cc(NC(=O)c2ccc(OC)c([N+](=O)[O-])c2)n(-c2ccc(C)cc2)n1. The molecule has 0 unspecified atom stereocenters. The summed E-state index contributed by atoms with van der Waals surface area (Å²) >= 11 is 0. The van der Waals surface area contributed by atoms with Crippen molar-refractivity contribution in [2.24, 2.45) is 0 Å². The Hall–Kier alpha value is -4.66. The molecular weight excluding hydrogens is 436 g/mol. The van der Waals surface area contributed by atoms with E-state index in [1.165, 1.54) is 25.3 Å². The van der Waals surface area contributed by atoms with Gasteiger partial charge in [-0.25, -0.2) is 4.68 Å². The molecule has 1 aromatic heterocycles. The van der Waals surface area contributed by atoms with Crippen LogP contribution in [0.2, 0.25) is 0 Å². The van der Waals surface area contributed by atoms with Gasteiger partial charge < -0.3 is 14.8 Å². The minimum Gasteiger partial charge on any atom is -0.496 e. The lowest BCUT2D eigenvalue weighted by Crippen LogP contribution is -2.15. The van der Waals surface area contributed by atoms with Gasteiger partial charge in [0.15, 0.2) is 5.75 Å². The summed E-state index contributed by atoms with van der Waals surface area (Å²) in [5, 5.41) is 18.9. The molecule has 0 fully saturated rings. The van der Waals surface area contributed by atoms with Crippen molar-refractivity contribution in [3.8, 4) is 28.4 Å². The Labute approximate surface area is 195 Å². The number of nitrogens with zero attached hydrogens (tertiary/aromatic N) is 3. The number of nitro benzene ring substituents is 1. The molecule has 0 aliphatic heterocycles. The Bertz CT molecular complexity index is 1360. The molecule has 3 aromatic carbocycles. The van der Waals surface area contributed by atoms with Crippen molar-refractivity contribution in [3.05, 3.63) is 94.0 Å². The van der Waals surface area contributed by atoms with E-state index in [2.05, 4.69) is 5.32 Å². The number of ether oxygens (including phenoxy) is 2. The standard InChI is InChI=1S/C25H22N4O5/c1-16-8-11-18(12-9-16)28-24(15-20(27-28)19-6-4-5-7-22(19)33-2)26-25(30)17-10-13-23(34-3)21(14-17)29(31)32/h4-15H,1-3H3,(H,26,30). The van der Waals surface area contributed by atoms with Gasteiger partial charge in [0.25, 0.3) is 5.91 Å². The van der Waals surface area contributed by atoms with Crippen LogP contribution in [0.5, 0.6) is 11.5 Å². The van der Waals surface area contributed by atoms with Gasteiger partial charge in [0.05, 0.1) is 30.5 Å². The molecule has 172 valence electrons. The molecule has 34 heavy (non-hydrogen) atoms. The predicted octanol–water partition coefficient (Wildman–Crippen LogP) is 5.03. The first-order chi connectivity index (χ1) is 16.4. The van der Waals surface area contributed by atoms with E-state index in [-0.39, 0.29) is 17.0 Å². The van der Waals surface area contributed by atoms with E-state index in [1.807, 2.05) is 55.5 Å². The van der Waals surface area contributed by atoms with E-state index < -0.39 is 10.8 Å². The zero-order valence-corrected chi connectivity index (χ0v) is 18.8. The van der Waals surface area contributed by atoms with Crippen molar-refractivity contribution in [2.75, 3.05) is 19.5 Å². The number of aromatic nitrogens is 2. The molecule has 0 saturated carbocycles. The van der Waals surface area contributed by atoms with Crippen molar-refractivity contribution >= 4 is 17.4 Å². The molecule has 0 aliphatic rings. The number of nitro groups is 1. The van der Waals surface area contributed by atoms with Gasteiger partial charge in [0, 0.05) is 23.3 Å². The molecule has 0 spiro atoms. The molecule has 0 saturated heterocycles. The zero-order chi connectivity index (χ0) is 24.2. The van der Waals surface area contributed by atoms with E-state index in [1.54, 1.807) is 17.9 Å². The normalized spacial score (nSPS) is 10.6. The van der Waals surface area contributed by atoms with Crippen LogP contribution in [0.4, 0.5) is 11.5 Å². The maximum Gasteiger partial charge on any atom is 0.311 e. The molecule has 1 amide bonds. The summed E-state index contributed by atoms with van der Waals surface area (Å²) in [6.45, 7) is 1.98.